The van der Waals surface area contributed by atoms with Crippen LogP contribution in [0.5, 0.6) is 0 Å². The quantitative estimate of drug-likeness (QED) is 0.238. The molecule has 0 aliphatic heterocycles. The Morgan fingerprint density at radius 2 is 1.64 bits per heavy atom. The number of benzene rings is 3. The van der Waals surface area contributed by atoms with Crippen LogP contribution in [0.15, 0.2) is 88.8 Å². The van der Waals surface area contributed by atoms with E-state index in [0.29, 0.717) is 40.3 Å². The Hall–Kier alpha value is -3.71. The molecule has 0 aliphatic rings. The van der Waals surface area contributed by atoms with Crippen molar-refractivity contribution in [3.63, 3.8) is 0 Å². The van der Waals surface area contributed by atoms with E-state index < -0.39 is 0 Å². The fourth-order valence-corrected chi connectivity index (χ4v) is 4.28. The van der Waals surface area contributed by atoms with E-state index in [1.807, 2.05) is 42.5 Å². The van der Waals surface area contributed by atoms with Crippen molar-refractivity contribution in [1.82, 2.24) is 9.55 Å². The van der Waals surface area contributed by atoms with E-state index in [9.17, 15) is 14.4 Å². The standard InChI is InChI=1S/C26H23N3O3S/c1-18(30)20-11-13-21(14-12-20)27-24(31)17-33-26-28-23-10-6-5-9-22(23)25(32)29(26)16-15-19-7-3-2-4-8-19/h2-14H,15-17H2,1H3,(H,27,31). The van der Waals surface area contributed by atoms with Crippen LogP contribution in [0.4, 0.5) is 5.69 Å². The second kappa shape index (κ2) is 10.3. The number of carbonyl (C=O) groups excluding carboxylic acids is 2. The summed E-state index contributed by atoms with van der Waals surface area (Å²) in [7, 11) is 0. The molecule has 6 nitrogen and oxygen atoms in total. The number of amides is 1. The first-order chi connectivity index (χ1) is 16.0. The van der Waals surface area contributed by atoms with Crippen LogP contribution >= 0.6 is 11.8 Å². The molecule has 0 bridgehead atoms. The molecule has 0 radical (unpaired) electrons. The average Bonchev–Trinajstić information content (AvgIpc) is 2.83. The van der Waals surface area contributed by atoms with Crippen molar-refractivity contribution in [2.75, 3.05) is 11.1 Å². The minimum absolute atomic E-state index is 0.0284. The molecule has 0 atom stereocenters. The number of aryl methyl sites for hydroxylation is 1. The number of carbonyl (C=O) groups is 2. The highest BCUT2D eigenvalue weighted by molar-refractivity contribution is 7.99. The van der Waals surface area contributed by atoms with Gasteiger partial charge in [-0.3, -0.25) is 19.0 Å². The number of nitrogens with one attached hydrogen (secondary N) is 1. The Morgan fingerprint density at radius 3 is 2.36 bits per heavy atom. The minimum Gasteiger partial charge on any atom is -0.325 e. The highest BCUT2D eigenvalue weighted by Crippen LogP contribution is 2.19. The lowest BCUT2D eigenvalue weighted by Crippen LogP contribution is -2.25. The molecule has 1 amide bonds. The Kier molecular flexibility index (Phi) is 7.00. The summed E-state index contributed by atoms with van der Waals surface area (Å²) in [5.41, 5.74) is 2.82. The monoisotopic (exact) mass is 457 g/mol. The Labute approximate surface area is 195 Å². The summed E-state index contributed by atoms with van der Waals surface area (Å²) in [6.45, 7) is 1.97. The molecule has 1 N–H and O–H groups in total. The third-order valence-electron chi connectivity index (χ3n) is 5.20. The van der Waals surface area contributed by atoms with E-state index in [4.69, 9.17) is 0 Å². The smallest absolute Gasteiger partial charge is 0.262 e. The molecule has 166 valence electrons. The normalized spacial score (nSPS) is 10.8. The molecule has 3 aromatic carbocycles. The van der Waals surface area contributed by atoms with E-state index in [1.54, 1.807) is 41.0 Å². The number of anilines is 1. The lowest BCUT2D eigenvalue weighted by molar-refractivity contribution is -0.113. The maximum absolute atomic E-state index is 13.2. The number of thioether (sulfide) groups is 1. The average molecular weight is 458 g/mol. The molecular formula is C26H23N3O3S. The predicted molar refractivity (Wildman–Crippen MR) is 132 cm³/mol. The van der Waals surface area contributed by atoms with Crippen molar-refractivity contribution < 1.29 is 9.59 Å². The Balaban J connectivity index is 1.52. The van der Waals surface area contributed by atoms with Crippen LogP contribution in [0.3, 0.4) is 0 Å². The van der Waals surface area contributed by atoms with Crippen molar-refractivity contribution in [3.05, 3.63) is 100 Å². The van der Waals surface area contributed by atoms with Crippen LogP contribution < -0.4 is 10.9 Å². The number of rotatable bonds is 8. The number of hydrogen-bond acceptors (Lipinski definition) is 5. The zero-order valence-corrected chi connectivity index (χ0v) is 19.0. The zero-order chi connectivity index (χ0) is 23.2. The lowest BCUT2D eigenvalue weighted by Gasteiger charge is -2.13. The van der Waals surface area contributed by atoms with Crippen molar-refractivity contribution in [3.8, 4) is 0 Å². The first kappa shape index (κ1) is 22.5. The highest BCUT2D eigenvalue weighted by Gasteiger charge is 2.14. The number of aromatic nitrogens is 2. The lowest BCUT2D eigenvalue weighted by atomic mass is 10.1. The number of hydrogen-bond donors (Lipinski definition) is 1. The van der Waals surface area contributed by atoms with Gasteiger partial charge in [-0.1, -0.05) is 54.2 Å². The molecular weight excluding hydrogens is 434 g/mol. The van der Waals surface area contributed by atoms with Gasteiger partial charge in [0.25, 0.3) is 5.56 Å². The topological polar surface area (TPSA) is 81.1 Å². The Bertz CT molecular complexity index is 1350. The highest BCUT2D eigenvalue weighted by atomic mass is 32.2. The number of Topliss-reactive ketones (excluding diaryl/α,β-unsaturated/α-hetero) is 1. The number of para-hydroxylation sites is 1. The first-order valence-electron chi connectivity index (χ1n) is 10.6. The molecule has 0 aliphatic carbocycles. The van der Waals surface area contributed by atoms with Crippen LogP contribution in [0, 0.1) is 0 Å². The van der Waals surface area contributed by atoms with E-state index in [0.717, 1.165) is 5.56 Å². The summed E-state index contributed by atoms with van der Waals surface area (Å²) < 4.78 is 1.65. The fourth-order valence-electron chi connectivity index (χ4n) is 3.46. The molecule has 1 aromatic heterocycles. The van der Waals surface area contributed by atoms with E-state index >= 15 is 0 Å². The summed E-state index contributed by atoms with van der Waals surface area (Å²) in [6.07, 6.45) is 0.684. The number of fused-ring (bicyclic) bond motifs is 1. The van der Waals surface area contributed by atoms with E-state index in [1.165, 1.54) is 18.7 Å². The minimum atomic E-state index is -0.215. The van der Waals surface area contributed by atoms with E-state index in [2.05, 4.69) is 10.3 Å². The number of nitrogens with zero attached hydrogens (tertiary/aromatic N) is 2. The first-order valence-corrected chi connectivity index (χ1v) is 11.6. The van der Waals surface area contributed by atoms with Gasteiger partial charge in [-0.05, 0) is 55.3 Å². The molecule has 0 spiro atoms. The van der Waals surface area contributed by atoms with Crippen molar-refractivity contribution >= 4 is 40.0 Å². The molecule has 33 heavy (non-hydrogen) atoms. The van der Waals surface area contributed by atoms with Crippen LogP contribution in [0.2, 0.25) is 0 Å². The van der Waals surface area contributed by atoms with Crippen LogP contribution in [-0.2, 0) is 17.8 Å². The van der Waals surface area contributed by atoms with Gasteiger partial charge in [-0.15, -0.1) is 0 Å². The van der Waals surface area contributed by atoms with Crippen molar-refractivity contribution in [2.24, 2.45) is 0 Å². The third kappa shape index (κ3) is 5.56. The Morgan fingerprint density at radius 1 is 0.939 bits per heavy atom. The summed E-state index contributed by atoms with van der Waals surface area (Å²) in [6, 6.07) is 23.9. The SMILES string of the molecule is CC(=O)c1ccc(NC(=O)CSc2nc3ccccc3c(=O)n2CCc2ccccc2)cc1. The fraction of sp³-hybridized carbons (Fsp3) is 0.154. The van der Waals surface area contributed by atoms with Gasteiger partial charge in [-0.25, -0.2) is 4.98 Å². The van der Waals surface area contributed by atoms with Gasteiger partial charge in [0, 0.05) is 17.8 Å². The number of ketones is 1. The zero-order valence-electron chi connectivity index (χ0n) is 18.2. The van der Waals surface area contributed by atoms with Gasteiger partial charge in [0.1, 0.15) is 0 Å². The van der Waals surface area contributed by atoms with Gasteiger partial charge in [0.05, 0.1) is 16.7 Å². The second-order valence-corrected chi connectivity index (χ2v) is 8.52. The summed E-state index contributed by atoms with van der Waals surface area (Å²) in [4.78, 5) is 41.8. The second-order valence-electron chi connectivity index (χ2n) is 7.57. The molecule has 0 saturated heterocycles. The molecule has 7 heteroatoms. The third-order valence-corrected chi connectivity index (χ3v) is 6.18. The van der Waals surface area contributed by atoms with Gasteiger partial charge in [0.2, 0.25) is 5.91 Å². The summed E-state index contributed by atoms with van der Waals surface area (Å²) in [5, 5.41) is 3.89. The molecule has 0 saturated carbocycles. The molecule has 1 heterocycles. The van der Waals surface area contributed by atoms with Gasteiger partial charge < -0.3 is 5.32 Å². The molecule has 0 unspecified atom stereocenters. The summed E-state index contributed by atoms with van der Waals surface area (Å²) in [5.74, 6) is -0.142. The predicted octanol–water partition coefficient (Wildman–Crippen LogP) is 4.57. The molecule has 4 rings (SSSR count). The largest absolute Gasteiger partial charge is 0.325 e. The summed E-state index contributed by atoms with van der Waals surface area (Å²) >= 11 is 1.23. The van der Waals surface area contributed by atoms with Gasteiger partial charge in [0.15, 0.2) is 10.9 Å². The maximum atomic E-state index is 13.2. The van der Waals surface area contributed by atoms with Gasteiger partial charge >= 0.3 is 0 Å². The van der Waals surface area contributed by atoms with Crippen LogP contribution in [0.25, 0.3) is 10.9 Å². The van der Waals surface area contributed by atoms with E-state index in [-0.39, 0.29) is 23.0 Å². The molecule has 0 fully saturated rings. The van der Waals surface area contributed by atoms with Gasteiger partial charge in [-0.2, -0.15) is 0 Å². The van der Waals surface area contributed by atoms with Crippen molar-refractivity contribution in [1.29, 1.82) is 0 Å². The van der Waals surface area contributed by atoms with Crippen LogP contribution in [0.1, 0.15) is 22.8 Å². The van der Waals surface area contributed by atoms with Crippen molar-refractivity contribution in [2.45, 2.75) is 25.0 Å². The maximum Gasteiger partial charge on any atom is 0.262 e. The molecule has 4 aromatic rings. The van der Waals surface area contributed by atoms with Crippen LogP contribution in [-0.4, -0.2) is 27.0 Å².